The van der Waals surface area contributed by atoms with Crippen LogP contribution < -0.4 is 5.32 Å². The molecule has 1 heterocycles. The number of nitrogens with zero attached hydrogens (tertiary/aromatic N) is 2. The maximum Gasteiger partial charge on any atom is 0.417 e. The molecule has 9 heteroatoms. The van der Waals surface area contributed by atoms with Gasteiger partial charge < -0.3 is 5.32 Å². The van der Waals surface area contributed by atoms with Crippen molar-refractivity contribution in [2.75, 3.05) is 5.32 Å². The Labute approximate surface area is 157 Å². The van der Waals surface area contributed by atoms with Crippen LogP contribution in [0.15, 0.2) is 35.4 Å². The molecule has 2 aromatic rings. The first-order valence-corrected chi connectivity index (χ1v) is 8.59. The summed E-state index contributed by atoms with van der Waals surface area (Å²) < 4.78 is 39.4. The molecule has 0 radical (unpaired) electrons. The van der Waals surface area contributed by atoms with Crippen molar-refractivity contribution in [3.63, 3.8) is 0 Å². The van der Waals surface area contributed by atoms with Crippen LogP contribution in [0, 0.1) is 18.3 Å². The van der Waals surface area contributed by atoms with Gasteiger partial charge in [0.15, 0.2) is 0 Å². The predicted molar refractivity (Wildman–Crippen MR) is 94.1 cm³/mol. The summed E-state index contributed by atoms with van der Waals surface area (Å²) in [5, 5.41) is 11.3. The van der Waals surface area contributed by atoms with Crippen molar-refractivity contribution in [2.45, 2.75) is 30.3 Å². The molecule has 0 aliphatic heterocycles. The summed E-state index contributed by atoms with van der Waals surface area (Å²) in [4.78, 5) is 16.3. The number of pyridine rings is 1. The number of carbonyl (C=O) groups excluding carboxylic acids is 1. The Morgan fingerprint density at radius 1 is 1.38 bits per heavy atom. The molecular formula is C17H13ClF3N3OS. The number of alkyl halides is 3. The summed E-state index contributed by atoms with van der Waals surface area (Å²) in [6.45, 7) is 2.92. The predicted octanol–water partition coefficient (Wildman–Crippen LogP) is 5.05. The minimum absolute atomic E-state index is 0.112. The first kappa shape index (κ1) is 20.1. The number of rotatable bonds is 4. The van der Waals surface area contributed by atoms with Gasteiger partial charge in [0.25, 0.3) is 0 Å². The van der Waals surface area contributed by atoms with Gasteiger partial charge in [-0.05, 0) is 38.1 Å². The van der Waals surface area contributed by atoms with Crippen LogP contribution in [0.1, 0.15) is 23.7 Å². The van der Waals surface area contributed by atoms with Crippen LogP contribution in [0.25, 0.3) is 0 Å². The minimum atomic E-state index is -4.68. The van der Waals surface area contributed by atoms with Gasteiger partial charge in [-0.1, -0.05) is 29.4 Å². The molecule has 0 saturated carbocycles. The molecule has 136 valence electrons. The fourth-order valence-electron chi connectivity index (χ4n) is 2.09. The third kappa shape index (κ3) is 4.90. The van der Waals surface area contributed by atoms with E-state index in [0.29, 0.717) is 10.7 Å². The van der Waals surface area contributed by atoms with Gasteiger partial charge in [0.05, 0.1) is 16.4 Å². The molecule has 2 rings (SSSR count). The molecule has 1 N–H and O–H groups in total. The number of nitriles is 1. The highest BCUT2D eigenvalue weighted by Gasteiger charge is 2.36. The molecule has 1 aromatic carbocycles. The lowest BCUT2D eigenvalue weighted by Crippen LogP contribution is -2.23. The van der Waals surface area contributed by atoms with Crippen molar-refractivity contribution in [3.8, 4) is 6.07 Å². The Kier molecular flexibility index (Phi) is 6.16. The third-order valence-electron chi connectivity index (χ3n) is 3.28. The van der Waals surface area contributed by atoms with Crippen LogP contribution in [0.4, 0.5) is 18.9 Å². The first-order chi connectivity index (χ1) is 12.1. The summed E-state index contributed by atoms with van der Waals surface area (Å²) in [5.41, 5.74) is -1.07. The third-order valence-corrected chi connectivity index (χ3v) is 4.60. The summed E-state index contributed by atoms with van der Waals surface area (Å²) in [6, 6.07) is 8.84. The van der Waals surface area contributed by atoms with Gasteiger partial charge in [0, 0.05) is 16.4 Å². The van der Waals surface area contributed by atoms with Crippen LogP contribution in [-0.2, 0) is 11.0 Å². The molecule has 0 saturated heterocycles. The van der Waals surface area contributed by atoms with Gasteiger partial charge in [-0.15, -0.1) is 0 Å². The summed E-state index contributed by atoms with van der Waals surface area (Å²) in [7, 11) is 0. The topological polar surface area (TPSA) is 65.8 Å². The van der Waals surface area contributed by atoms with Crippen LogP contribution >= 0.6 is 23.4 Å². The number of hydrogen-bond donors (Lipinski definition) is 1. The van der Waals surface area contributed by atoms with Crippen molar-refractivity contribution in [3.05, 3.63) is 52.2 Å². The van der Waals surface area contributed by atoms with Gasteiger partial charge in [-0.3, -0.25) is 4.79 Å². The Morgan fingerprint density at radius 2 is 2.08 bits per heavy atom. The molecule has 0 bridgehead atoms. The van der Waals surface area contributed by atoms with Crippen molar-refractivity contribution >= 4 is 35.0 Å². The highest BCUT2D eigenvalue weighted by Crippen LogP contribution is 2.37. The molecule has 0 aliphatic rings. The first-order valence-electron chi connectivity index (χ1n) is 7.34. The summed E-state index contributed by atoms with van der Waals surface area (Å²) in [6.07, 6.45) is -4.68. The van der Waals surface area contributed by atoms with Crippen molar-refractivity contribution in [2.24, 2.45) is 0 Å². The number of hydrogen-bond acceptors (Lipinski definition) is 4. The average molecular weight is 400 g/mol. The Morgan fingerprint density at radius 3 is 2.65 bits per heavy atom. The van der Waals surface area contributed by atoms with Gasteiger partial charge in [-0.2, -0.15) is 18.4 Å². The number of benzene rings is 1. The molecule has 0 fully saturated rings. The fourth-order valence-corrected chi connectivity index (χ4v) is 3.25. The second-order valence-corrected chi connectivity index (χ2v) is 7.13. The highest BCUT2D eigenvalue weighted by atomic mass is 35.5. The number of carbonyl (C=O) groups is 1. The van der Waals surface area contributed by atoms with E-state index in [0.717, 1.165) is 17.8 Å². The quantitative estimate of drug-likeness (QED) is 0.730. The maximum atomic E-state index is 13.1. The number of nitrogens with one attached hydrogen (secondary N) is 1. The molecular weight excluding hydrogens is 387 g/mol. The largest absolute Gasteiger partial charge is 0.417 e. The minimum Gasteiger partial charge on any atom is -0.325 e. The van der Waals surface area contributed by atoms with Crippen molar-refractivity contribution in [1.82, 2.24) is 4.98 Å². The van der Waals surface area contributed by atoms with Gasteiger partial charge in [0.1, 0.15) is 11.1 Å². The standard InChI is InChI=1S/C17H13ClF3N3OS/c1-9-6-14(17(19,20)21)13(8-22)16(23-9)26-10(2)15(25)24-12-5-3-4-11(18)7-12/h3-7,10H,1-2H3,(H,24,25). The van der Waals surface area contributed by atoms with E-state index < -0.39 is 28.5 Å². The fraction of sp³-hybridized carbons (Fsp3) is 0.235. The van der Waals surface area contributed by atoms with Gasteiger partial charge >= 0.3 is 6.18 Å². The lowest BCUT2D eigenvalue weighted by atomic mass is 10.1. The molecule has 1 amide bonds. The van der Waals surface area contributed by atoms with E-state index in [4.69, 9.17) is 16.9 Å². The smallest absolute Gasteiger partial charge is 0.325 e. The molecule has 1 aromatic heterocycles. The van der Waals surface area contributed by atoms with Crippen LogP contribution in [0.5, 0.6) is 0 Å². The van der Waals surface area contributed by atoms with Gasteiger partial charge in [-0.25, -0.2) is 4.98 Å². The van der Waals surface area contributed by atoms with E-state index in [1.807, 2.05) is 0 Å². The Balaban J connectivity index is 2.26. The lowest BCUT2D eigenvalue weighted by molar-refractivity contribution is -0.138. The highest BCUT2D eigenvalue weighted by molar-refractivity contribution is 8.00. The van der Waals surface area contributed by atoms with Crippen LogP contribution in [-0.4, -0.2) is 16.1 Å². The molecule has 1 unspecified atom stereocenters. The van der Waals surface area contributed by atoms with E-state index in [1.165, 1.54) is 13.8 Å². The monoisotopic (exact) mass is 399 g/mol. The van der Waals surface area contributed by atoms with Gasteiger partial charge in [0.2, 0.25) is 5.91 Å². The van der Waals surface area contributed by atoms with E-state index in [2.05, 4.69) is 10.3 Å². The second kappa shape index (κ2) is 7.98. The average Bonchev–Trinajstić information content (AvgIpc) is 2.53. The molecule has 4 nitrogen and oxygen atoms in total. The number of amides is 1. The molecule has 0 spiro atoms. The number of thioether (sulfide) groups is 1. The van der Waals surface area contributed by atoms with Crippen LogP contribution in [0.3, 0.4) is 0 Å². The zero-order valence-corrected chi connectivity index (χ0v) is 15.3. The Bertz CT molecular complexity index is 881. The zero-order chi connectivity index (χ0) is 19.5. The van der Waals surface area contributed by atoms with Crippen molar-refractivity contribution < 1.29 is 18.0 Å². The lowest BCUT2D eigenvalue weighted by Gasteiger charge is -2.16. The Hall–Kier alpha value is -2.24. The van der Waals surface area contributed by atoms with E-state index in [1.54, 1.807) is 30.3 Å². The van der Waals surface area contributed by atoms with E-state index >= 15 is 0 Å². The van der Waals surface area contributed by atoms with Crippen molar-refractivity contribution in [1.29, 1.82) is 5.26 Å². The summed E-state index contributed by atoms with van der Waals surface area (Å²) in [5.74, 6) is -0.446. The van der Waals surface area contributed by atoms with E-state index in [-0.39, 0.29) is 10.7 Å². The summed E-state index contributed by atoms with van der Waals surface area (Å²) >= 11 is 6.64. The zero-order valence-electron chi connectivity index (χ0n) is 13.7. The number of halogens is 4. The van der Waals surface area contributed by atoms with Crippen LogP contribution in [0.2, 0.25) is 5.02 Å². The molecule has 1 atom stereocenters. The SMILES string of the molecule is Cc1cc(C(F)(F)F)c(C#N)c(SC(C)C(=O)Nc2cccc(Cl)c2)n1. The number of anilines is 1. The second-order valence-electron chi connectivity index (χ2n) is 5.36. The van der Waals surface area contributed by atoms with E-state index in [9.17, 15) is 18.0 Å². The normalized spacial score (nSPS) is 12.3. The molecule has 0 aliphatic carbocycles. The maximum absolute atomic E-state index is 13.1. The number of aryl methyl sites for hydroxylation is 1. The number of aromatic nitrogens is 1. The molecule has 26 heavy (non-hydrogen) atoms.